The summed E-state index contributed by atoms with van der Waals surface area (Å²) in [7, 11) is 1.27. The van der Waals surface area contributed by atoms with E-state index in [1.807, 2.05) is 0 Å². The Balaban J connectivity index is 2.44. The molecule has 0 spiro atoms. The zero-order chi connectivity index (χ0) is 17.7. The van der Waals surface area contributed by atoms with Gasteiger partial charge in [-0.05, 0) is 35.0 Å². The van der Waals surface area contributed by atoms with Gasteiger partial charge >= 0.3 is 5.97 Å². The Morgan fingerprint density at radius 1 is 1.25 bits per heavy atom. The molecule has 1 heterocycles. The van der Waals surface area contributed by atoms with Crippen LogP contribution < -0.4 is 15.2 Å². The predicted molar refractivity (Wildman–Crippen MR) is 86.7 cm³/mol. The Hall–Kier alpha value is -2.62. The van der Waals surface area contributed by atoms with Gasteiger partial charge in [-0.25, -0.2) is 4.79 Å². The maximum atomic E-state index is 11.4. The second-order valence-electron chi connectivity index (χ2n) is 4.46. The van der Waals surface area contributed by atoms with Gasteiger partial charge in [-0.1, -0.05) is 0 Å². The molecular weight excluding hydrogens is 384 g/mol. The van der Waals surface area contributed by atoms with Crippen molar-refractivity contribution >= 4 is 27.8 Å². The summed E-state index contributed by atoms with van der Waals surface area (Å²) in [6.45, 7) is 1.91. The monoisotopic (exact) mass is 398 g/mol. The first-order valence-corrected chi connectivity index (χ1v) is 7.64. The summed E-state index contributed by atoms with van der Waals surface area (Å²) in [5.74, 6) is -0.528. The lowest BCUT2D eigenvalue weighted by molar-refractivity contribution is -0.142. The van der Waals surface area contributed by atoms with Crippen LogP contribution in [0.5, 0.6) is 11.5 Å². The highest BCUT2D eigenvalue weighted by Crippen LogP contribution is 2.38. The van der Waals surface area contributed by atoms with E-state index in [4.69, 9.17) is 15.2 Å². The zero-order valence-corrected chi connectivity index (χ0v) is 14.5. The Morgan fingerprint density at radius 3 is 2.58 bits per heavy atom. The molecule has 0 atom stereocenters. The van der Waals surface area contributed by atoms with Crippen molar-refractivity contribution in [3.63, 3.8) is 0 Å². The normalized spacial score (nSPS) is 10.3. The predicted octanol–water partition coefficient (Wildman–Crippen LogP) is 1.28. The molecule has 1 aromatic heterocycles. The third-order valence-corrected chi connectivity index (χ3v) is 3.60. The highest BCUT2D eigenvalue weighted by molar-refractivity contribution is 9.10. The number of carbonyl (C=O) groups excluding carboxylic acids is 2. The lowest BCUT2D eigenvalue weighted by atomic mass is 10.1. The van der Waals surface area contributed by atoms with Crippen LogP contribution in [0.25, 0.3) is 11.3 Å². The van der Waals surface area contributed by atoms with Gasteiger partial charge in [0.1, 0.15) is 5.69 Å². The van der Waals surface area contributed by atoms with Crippen molar-refractivity contribution in [2.45, 2.75) is 6.92 Å². The molecule has 0 saturated carbocycles. The minimum absolute atomic E-state index is 0.00128. The lowest BCUT2D eigenvalue weighted by Crippen LogP contribution is -2.14. The van der Waals surface area contributed by atoms with Gasteiger partial charge in [0.15, 0.2) is 23.8 Å². The number of H-pyrrole nitrogens is 1. The maximum absolute atomic E-state index is 11.4. The quantitative estimate of drug-likeness (QED) is 0.671. The summed E-state index contributed by atoms with van der Waals surface area (Å²) in [5.41, 5.74) is 6.09. The van der Waals surface area contributed by atoms with Crippen LogP contribution in [0.3, 0.4) is 0 Å². The van der Waals surface area contributed by atoms with Crippen molar-refractivity contribution in [1.82, 2.24) is 15.4 Å². The first-order chi connectivity index (χ1) is 11.5. The van der Waals surface area contributed by atoms with Crippen molar-refractivity contribution in [2.24, 2.45) is 5.73 Å². The molecule has 0 bridgehead atoms. The molecule has 3 N–H and O–H groups in total. The van der Waals surface area contributed by atoms with Crippen LogP contribution in [0.1, 0.15) is 17.4 Å². The van der Waals surface area contributed by atoms with Crippen LogP contribution in [0, 0.1) is 0 Å². The number of ether oxygens (including phenoxy) is 3. The highest BCUT2D eigenvalue weighted by Gasteiger charge is 2.20. The number of methoxy groups -OCH3 is 1. The molecule has 0 fully saturated rings. The molecule has 24 heavy (non-hydrogen) atoms. The molecule has 1 amide bonds. The number of primary amides is 1. The number of hydrogen-bond acceptors (Lipinski definition) is 7. The average Bonchev–Trinajstić information content (AvgIpc) is 3.04. The number of carbonyl (C=O) groups is 2. The number of rotatable bonds is 7. The van der Waals surface area contributed by atoms with Gasteiger partial charge in [0, 0.05) is 10.0 Å². The molecule has 1 aromatic carbocycles. The van der Waals surface area contributed by atoms with E-state index in [0.717, 1.165) is 0 Å². The molecule has 128 valence electrons. The Morgan fingerprint density at radius 2 is 1.96 bits per heavy atom. The van der Waals surface area contributed by atoms with Crippen LogP contribution in [0.15, 0.2) is 16.6 Å². The number of esters is 1. The van der Waals surface area contributed by atoms with Gasteiger partial charge in [-0.15, -0.1) is 0 Å². The van der Waals surface area contributed by atoms with E-state index < -0.39 is 11.9 Å². The highest BCUT2D eigenvalue weighted by atomic mass is 79.9. The molecular formula is C14H15BrN4O5. The average molecular weight is 399 g/mol. The zero-order valence-electron chi connectivity index (χ0n) is 13.0. The smallest absolute Gasteiger partial charge is 0.343 e. The number of nitrogens with one attached hydrogen (secondary N) is 1. The SMILES string of the molecule is CCOc1cc(-c2n[nH]nc2C(N)=O)c(Br)cc1OCC(=O)OC. The van der Waals surface area contributed by atoms with Crippen molar-refractivity contribution in [1.29, 1.82) is 0 Å². The van der Waals surface area contributed by atoms with Crippen molar-refractivity contribution in [3.05, 3.63) is 22.3 Å². The summed E-state index contributed by atoms with van der Waals surface area (Å²) < 4.78 is 16.0. The number of aromatic amines is 1. The van der Waals surface area contributed by atoms with Gasteiger partial charge in [-0.3, -0.25) is 4.79 Å². The molecule has 9 nitrogen and oxygen atoms in total. The molecule has 0 radical (unpaired) electrons. The topological polar surface area (TPSA) is 129 Å². The van der Waals surface area contributed by atoms with Crippen LogP contribution in [-0.4, -0.2) is 47.6 Å². The first kappa shape index (κ1) is 17.7. The number of nitrogens with zero attached hydrogens (tertiary/aromatic N) is 2. The first-order valence-electron chi connectivity index (χ1n) is 6.84. The maximum Gasteiger partial charge on any atom is 0.343 e. The third kappa shape index (κ3) is 3.82. The largest absolute Gasteiger partial charge is 0.490 e. The van der Waals surface area contributed by atoms with Crippen LogP contribution in [0.4, 0.5) is 0 Å². The van der Waals surface area contributed by atoms with Gasteiger partial charge < -0.3 is 19.9 Å². The number of halogens is 1. The van der Waals surface area contributed by atoms with Crippen molar-refractivity contribution in [3.8, 4) is 22.8 Å². The molecule has 0 aliphatic heterocycles. The van der Waals surface area contributed by atoms with Crippen molar-refractivity contribution < 1.29 is 23.8 Å². The Bertz CT molecular complexity index is 762. The fourth-order valence-corrected chi connectivity index (χ4v) is 2.39. The van der Waals surface area contributed by atoms with E-state index in [-0.39, 0.29) is 18.0 Å². The van der Waals surface area contributed by atoms with E-state index >= 15 is 0 Å². The molecule has 0 aliphatic carbocycles. The number of hydrogen-bond donors (Lipinski definition) is 2. The van der Waals surface area contributed by atoms with Crippen LogP contribution in [0.2, 0.25) is 0 Å². The minimum atomic E-state index is -0.713. The van der Waals surface area contributed by atoms with E-state index in [0.29, 0.717) is 28.1 Å². The molecule has 2 aromatic rings. The molecule has 2 rings (SSSR count). The third-order valence-electron chi connectivity index (χ3n) is 2.94. The summed E-state index contributed by atoms with van der Waals surface area (Å²) in [6, 6.07) is 3.22. The summed E-state index contributed by atoms with van der Waals surface area (Å²) >= 11 is 3.38. The van der Waals surface area contributed by atoms with Crippen LogP contribution in [-0.2, 0) is 9.53 Å². The lowest BCUT2D eigenvalue weighted by Gasteiger charge is -2.14. The van der Waals surface area contributed by atoms with Gasteiger partial charge in [0.25, 0.3) is 5.91 Å². The minimum Gasteiger partial charge on any atom is -0.490 e. The second kappa shape index (κ2) is 7.77. The van der Waals surface area contributed by atoms with E-state index in [1.165, 1.54) is 7.11 Å². The summed E-state index contributed by atoms with van der Waals surface area (Å²) in [6.07, 6.45) is 0. The molecule has 0 saturated heterocycles. The van der Waals surface area contributed by atoms with Crippen molar-refractivity contribution in [2.75, 3.05) is 20.3 Å². The number of aromatic nitrogens is 3. The fourth-order valence-electron chi connectivity index (χ4n) is 1.88. The Kier molecular flexibility index (Phi) is 5.74. The second-order valence-corrected chi connectivity index (χ2v) is 5.32. The Labute approximate surface area is 145 Å². The van der Waals surface area contributed by atoms with Gasteiger partial charge in [0.2, 0.25) is 0 Å². The fraction of sp³-hybridized carbons (Fsp3) is 0.286. The van der Waals surface area contributed by atoms with E-state index in [9.17, 15) is 9.59 Å². The van der Waals surface area contributed by atoms with E-state index in [2.05, 4.69) is 36.1 Å². The van der Waals surface area contributed by atoms with Gasteiger partial charge in [0.05, 0.1) is 13.7 Å². The standard InChI is InChI=1S/C14H15BrN4O5/c1-3-23-9-4-7(12-13(14(16)21)18-19-17-12)8(15)5-10(9)24-6-11(20)22-2/h4-5H,3,6H2,1-2H3,(H2,16,21)(H,17,18,19). The molecule has 0 unspecified atom stereocenters. The van der Waals surface area contributed by atoms with E-state index in [1.54, 1.807) is 19.1 Å². The summed E-state index contributed by atoms with van der Waals surface area (Å²) in [5, 5.41) is 10.1. The summed E-state index contributed by atoms with van der Waals surface area (Å²) in [4.78, 5) is 22.7. The number of nitrogens with two attached hydrogens (primary N) is 1. The van der Waals surface area contributed by atoms with Gasteiger partial charge in [-0.2, -0.15) is 15.4 Å². The number of benzene rings is 1. The molecule has 0 aliphatic rings. The van der Waals surface area contributed by atoms with Crippen LogP contribution >= 0.6 is 15.9 Å². The number of amides is 1. The molecule has 10 heteroatoms.